The summed E-state index contributed by atoms with van der Waals surface area (Å²) in [5.41, 5.74) is 0.101. The number of benzene rings is 1. The molecule has 0 aromatic heterocycles. The fourth-order valence-electron chi connectivity index (χ4n) is 0.984. The highest BCUT2D eigenvalue weighted by molar-refractivity contribution is 5.55. The molecule has 0 spiro atoms. The van der Waals surface area contributed by atoms with Crippen molar-refractivity contribution in [1.29, 1.82) is 5.26 Å². The molecule has 0 heterocycles. The minimum Gasteiger partial charge on any atom is -0.497 e. The van der Waals surface area contributed by atoms with Crippen LogP contribution in [-0.4, -0.2) is 12.0 Å². The molecule has 1 aromatic rings. The Morgan fingerprint density at radius 2 is 2.13 bits per heavy atom. The van der Waals surface area contributed by atoms with E-state index in [0.29, 0.717) is 11.3 Å². The van der Waals surface area contributed by atoms with Crippen molar-refractivity contribution in [3.8, 4) is 11.8 Å². The average Bonchev–Trinajstić information content (AvgIpc) is 2.26. The fourth-order valence-corrected chi connectivity index (χ4v) is 0.984. The van der Waals surface area contributed by atoms with E-state index in [0.717, 1.165) is 0 Å². The molecule has 1 aromatic carbocycles. The van der Waals surface area contributed by atoms with Crippen LogP contribution in [0.25, 0.3) is 6.08 Å². The zero-order valence-corrected chi connectivity index (χ0v) is 8.01. The topological polar surface area (TPSA) is 76.2 Å². The van der Waals surface area contributed by atoms with Gasteiger partial charge in [0.25, 0.3) is 0 Å². The third-order valence-corrected chi connectivity index (χ3v) is 1.73. The van der Waals surface area contributed by atoms with Crippen LogP contribution in [0.5, 0.6) is 5.75 Å². The number of rotatable bonds is 3. The number of nitro groups is 1. The van der Waals surface area contributed by atoms with Crippen molar-refractivity contribution in [2.24, 2.45) is 0 Å². The van der Waals surface area contributed by atoms with E-state index in [1.165, 1.54) is 19.3 Å². The molecule has 0 radical (unpaired) electrons. The molecule has 0 fully saturated rings. The first-order valence-electron chi connectivity index (χ1n) is 4.07. The Morgan fingerprint density at radius 1 is 1.53 bits per heavy atom. The molecule has 0 atom stereocenters. The zero-order chi connectivity index (χ0) is 11.3. The molecule has 0 unspecified atom stereocenters. The van der Waals surface area contributed by atoms with Gasteiger partial charge in [-0.1, -0.05) is 12.1 Å². The molecule has 0 bridgehead atoms. The van der Waals surface area contributed by atoms with Crippen molar-refractivity contribution in [3.05, 3.63) is 45.6 Å². The van der Waals surface area contributed by atoms with E-state index >= 15 is 0 Å². The lowest BCUT2D eigenvalue weighted by Crippen LogP contribution is -1.94. The second-order valence-corrected chi connectivity index (χ2v) is 2.67. The lowest BCUT2D eigenvalue weighted by Gasteiger charge is -1.98. The van der Waals surface area contributed by atoms with E-state index in [9.17, 15) is 10.1 Å². The Morgan fingerprint density at radius 3 is 2.53 bits per heavy atom. The van der Waals surface area contributed by atoms with Gasteiger partial charge < -0.3 is 4.74 Å². The van der Waals surface area contributed by atoms with E-state index in [1.807, 2.05) is 0 Å². The van der Waals surface area contributed by atoms with Gasteiger partial charge in [-0.3, -0.25) is 10.1 Å². The van der Waals surface area contributed by atoms with Crippen molar-refractivity contribution >= 4 is 6.08 Å². The fraction of sp³-hybridized carbons (Fsp3) is 0.100. The molecule has 0 saturated carbocycles. The van der Waals surface area contributed by atoms with Gasteiger partial charge in [0.1, 0.15) is 5.75 Å². The Kier molecular flexibility index (Phi) is 3.41. The van der Waals surface area contributed by atoms with Crippen molar-refractivity contribution in [2.45, 2.75) is 0 Å². The van der Waals surface area contributed by atoms with Crippen LogP contribution in [0.15, 0.2) is 30.0 Å². The van der Waals surface area contributed by atoms with Crippen molar-refractivity contribution in [2.75, 3.05) is 7.11 Å². The quantitative estimate of drug-likeness (QED) is 0.427. The number of allylic oxidation sites excluding steroid dienone is 1. The molecule has 0 amide bonds. The molecule has 0 aliphatic heterocycles. The van der Waals surface area contributed by atoms with Crippen molar-refractivity contribution in [1.82, 2.24) is 0 Å². The van der Waals surface area contributed by atoms with E-state index < -0.39 is 10.6 Å². The molecule has 0 saturated heterocycles. The maximum atomic E-state index is 10.3. The minimum absolute atomic E-state index is 0.486. The van der Waals surface area contributed by atoms with Gasteiger partial charge in [-0.2, -0.15) is 5.26 Å². The number of nitrogens with zero attached hydrogens (tertiary/aromatic N) is 2. The van der Waals surface area contributed by atoms with Crippen LogP contribution < -0.4 is 4.74 Å². The van der Waals surface area contributed by atoms with Crippen LogP contribution in [0.1, 0.15) is 5.56 Å². The summed E-state index contributed by atoms with van der Waals surface area (Å²) in [6.45, 7) is 0. The molecule has 5 nitrogen and oxygen atoms in total. The van der Waals surface area contributed by atoms with Crippen LogP contribution >= 0.6 is 0 Å². The van der Waals surface area contributed by atoms with Crippen molar-refractivity contribution in [3.63, 3.8) is 0 Å². The van der Waals surface area contributed by atoms with Crippen molar-refractivity contribution < 1.29 is 9.66 Å². The van der Waals surface area contributed by atoms with Gasteiger partial charge in [-0.25, -0.2) is 0 Å². The number of hydrogen-bond acceptors (Lipinski definition) is 4. The summed E-state index contributed by atoms with van der Waals surface area (Å²) in [7, 11) is 1.53. The summed E-state index contributed by atoms with van der Waals surface area (Å²) < 4.78 is 4.93. The molecule has 76 valence electrons. The van der Waals surface area contributed by atoms with Gasteiger partial charge in [-0.05, 0) is 17.7 Å². The maximum absolute atomic E-state index is 10.3. The predicted octanol–water partition coefficient (Wildman–Crippen LogP) is 1.84. The summed E-state index contributed by atoms with van der Waals surface area (Å²) in [6, 6.07) is 8.12. The highest BCUT2D eigenvalue weighted by atomic mass is 16.6. The third-order valence-electron chi connectivity index (χ3n) is 1.73. The summed E-state index contributed by atoms with van der Waals surface area (Å²) >= 11 is 0. The van der Waals surface area contributed by atoms with Gasteiger partial charge in [-0.15, -0.1) is 0 Å². The smallest absolute Gasteiger partial charge is 0.346 e. The second kappa shape index (κ2) is 4.77. The molecule has 1 rings (SSSR count). The first-order valence-corrected chi connectivity index (χ1v) is 4.07. The standard InChI is InChI=1S/C10H8N2O3/c1-15-10-4-2-8(3-5-10)6-9(7-11)12(13)14/h2-6H,1H3. The van der Waals surface area contributed by atoms with Gasteiger partial charge in [0.15, 0.2) is 6.07 Å². The Bertz CT molecular complexity index is 429. The Balaban J connectivity index is 2.98. The molecule has 5 heteroatoms. The van der Waals surface area contributed by atoms with E-state index in [2.05, 4.69) is 0 Å². The Hall–Kier alpha value is -2.35. The number of ether oxygens (including phenoxy) is 1. The molecular formula is C10H8N2O3. The lowest BCUT2D eigenvalue weighted by atomic mass is 10.2. The normalized spacial score (nSPS) is 10.5. The van der Waals surface area contributed by atoms with Gasteiger partial charge in [0.2, 0.25) is 0 Å². The lowest BCUT2D eigenvalue weighted by molar-refractivity contribution is -0.415. The number of methoxy groups -OCH3 is 1. The Labute approximate surface area is 86.4 Å². The first kappa shape index (κ1) is 10.7. The van der Waals surface area contributed by atoms with E-state index in [1.54, 1.807) is 24.3 Å². The summed E-state index contributed by atoms with van der Waals surface area (Å²) in [6.07, 6.45) is 1.21. The predicted molar refractivity (Wildman–Crippen MR) is 53.6 cm³/mol. The maximum Gasteiger partial charge on any atom is 0.346 e. The third kappa shape index (κ3) is 2.81. The SMILES string of the molecule is COc1ccc(C=C(C#N)[N+](=O)[O-])cc1. The molecular weight excluding hydrogens is 196 g/mol. The molecule has 15 heavy (non-hydrogen) atoms. The van der Waals surface area contributed by atoms with Gasteiger partial charge >= 0.3 is 5.70 Å². The monoisotopic (exact) mass is 204 g/mol. The van der Waals surface area contributed by atoms with Gasteiger partial charge in [0, 0.05) is 6.08 Å². The zero-order valence-electron chi connectivity index (χ0n) is 8.01. The summed E-state index contributed by atoms with van der Waals surface area (Å²) in [5.74, 6) is 0.659. The first-order chi connectivity index (χ1) is 7.17. The molecule has 0 aliphatic carbocycles. The average molecular weight is 204 g/mol. The van der Waals surface area contributed by atoms with E-state index in [-0.39, 0.29) is 0 Å². The van der Waals surface area contributed by atoms with Crippen LogP contribution in [0.2, 0.25) is 0 Å². The van der Waals surface area contributed by atoms with Crippen LogP contribution in [0, 0.1) is 21.4 Å². The molecule has 0 aliphatic rings. The number of nitriles is 1. The largest absolute Gasteiger partial charge is 0.497 e. The van der Waals surface area contributed by atoms with Gasteiger partial charge in [0.05, 0.1) is 12.0 Å². The van der Waals surface area contributed by atoms with Crippen LogP contribution in [0.3, 0.4) is 0 Å². The molecule has 0 N–H and O–H groups in total. The minimum atomic E-state index is -0.718. The highest BCUT2D eigenvalue weighted by Crippen LogP contribution is 2.13. The summed E-state index contributed by atoms with van der Waals surface area (Å²) in [4.78, 5) is 9.63. The van der Waals surface area contributed by atoms with Crippen LogP contribution in [-0.2, 0) is 0 Å². The second-order valence-electron chi connectivity index (χ2n) is 2.67. The van der Waals surface area contributed by atoms with Crippen LogP contribution in [0.4, 0.5) is 0 Å². The highest BCUT2D eigenvalue weighted by Gasteiger charge is 2.08. The number of hydrogen-bond donors (Lipinski definition) is 0. The summed E-state index contributed by atoms with van der Waals surface area (Å²) in [5, 5.41) is 18.8. The van der Waals surface area contributed by atoms with E-state index in [4.69, 9.17) is 10.00 Å².